The summed E-state index contributed by atoms with van der Waals surface area (Å²) in [5.41, 5.74) is -0.317. The number of carbonyl (C=O) groups excluding carboxylic acids is 1. The van der Waals surface area contributed by atoms with Crippen molar-refractivity contribution in [2.75, 3.05) is 31.6 Å². The number of anilines is 1. The van der Waals surface area contributed by atoms with E-state index < -0.39 is 11.4 Å². The first kappa shape index (κ1) is 24.8. The molecule has 1 amide bonds. The van der Waals surface area contributed by atoms with E-state index in [2.05, 4.69) is 11.9 Å². The number of ether oxygens (including phenoxy) is 1. The number of hydrogen-bond acceptors (Lipinski definition) is 4. The standard InChI is InChI=1S/C27H26Cl2FN3O3/c1-2-23(34)32-12-10-27(16-32,24-22(30)6-5-21(28)25(24)29)31-18-4-3-17-7-11-33(26(35)20(17)15-18)19-8-13-36-14-9-19/h2-7,11,15,19,31H,1,8-10,12-14,16H2/t27-/m1/s1. The first-order valence-corrected chi connectivity index (χ1v) is 12.6. The number of amides is 1. The summed E-state index contributed by atoms with van der Waals surface area (Å²) in [5.74, 6) is -0.775. The molecule has 36 heavy (non-hydrogen) atoms. The molecule has 0 spiro atoms. The van der Waals surface area contributed by atoms with Crippen LogP contribution in [-0.4, -0.2) is 41.7 Å². The van der Waals surface area contributed by atoms with E-state index in [1.807, 2.05) is 24.4 Å². The van der Waals surface area contributed by atoms with Crippen LogP contribution in [0.15, 0.2) is 60.0 Å². The zero-order valence-corrected chi connectivity index (χ0v) is 21.1. The predicted molar refractivity (Wildman–Crippen MR) is 140 cm³/mol. The molecule has 0 unspecified atom stereocenters. The third kappa shape index (κ3) is 4.40. The quantitative estimate of drug-likeness (QED) is 0.349. The van der Waals surface area contributed by atoms with Crippen LogP contribution in [0.25, 0.3) is 10.8 Å². The Balaban J connectivity index is 1.58. The molecule has 0 saturated carbocycles. The van der Waals surface area contributed by atoms with Crippen molar-refractivity contribution in [1.82, 2.24) is 9.47 Å². The Kier molecular flexibility index (Phi) is 6.81. The molecule has 1 N–H and O–H groups in total. The van der Waals surface area contributed by atoms with Crippen LogP contribution in [0.4, 0.5) is 10.1 Å². The molecule has 5 rings (SSSR count). The summed E-state index contributed by atoms with van der Waals surface area (Å²) < 4.78 is 22.5. The van der Waals surface area contributed by atoms with Gasteiger partial charge in [-0.2, -0.15) is 0 Å². The van der Waals surface area contributed by atoms with E-state index in [1.54, 1.807) is 15.5 Å². The Labute approximate surface area is 218 Å². The van der Waals surface area contributed by atoms with Crippen molar-refractivity contribution in [2.24, 2.45) is 0 Å². The highest BCUT2D eigenvalue weighted by atomic mass is 35.5. The number of halogens is 3. The van der Waals surface area contributed by atoms with E-state index in [4.69, 9.17) is 27.9 Å². The van der Waals surface area contributed by atoms with Gasteiger partial charge in [0.25, 0.3) is 5.56 Å². The fourth-order valence-electron chi connectivity index (χ4n) is 5.32. The largest absolute Gasteiger partial charge is 0.381 e. The molecule has 188 valence electrons. The zero-order chi connectivity index (χ0) is 25.4. The number of benzene rings is 2. The fourth-order valence-corrected chi connectivity index (χ4v) is 5.81. The molecule has 2 fully saturated rings. The molecule has 1 aromatic heterocycles. The topological polar surface area (TPSA) is 63.6 Å². The summed E-state index contributed by atoms with van der Waals surface area (Å²) in [4.78, 5) is 27.4. The minimum atomic E-state index is -1.05. The Bertz CT molecular complexity index is 1400. The van der Waals surface area contributed by atoms with Gasteiger partial charge in [-0.1, -0.05) is 35.8 Å². The van der Waals surface area contributed by atoms with E-state index in [0.717, 1.165) is 18.2 Å². The summed E-state index contributed by atoms with van der Waals surface area (Å²) in [6, 6.07) is 10.2. The van der Waals surface area contributed by atoms with Crippen molar-refractivity contribution >= 4 is 45.6 Å². The average molecular weight is 530 g/mol. The van der Waals surface area contributed by atoms with Gasteiger partial charge in [0, 0.05) is 55.2 Å². The van der Waals surface area contributed by atoms with E-state index >= 15 is 4.39 Å². The number of aromatic nitrogens is 1. The molecule has 0 radical (unpaired) electrons. The van der Waals surface area contributed by atoms with E-state index in [-0.39, 0.29) is 39.7 Å². The number of nitrogens with zero attached hydrogens (tertiary/aromatic N) is 2. The van der Waals surface area contributed by atoms with Gasteiger partial charge in [0.15, 0.2) is 0 Å². The van der Waals surface area contributed by atoms with Crippen LogP contribution in [0.2, 0.25) is 10.0 Å². The first-order chi connectivity index (χ1) is 17.3. The van der Waals surface area contributed by atoms with Gasteiger partial charge in [-0.3, -0.25) is 9.59 Å². The second kappa shape index (κ2) is 9.88. The van der Waals surface area contributed by atoms with Gasteiger partial charge in [0.1, 0.15) is 5.82 Å². The lowest BCUT2D eigenvalue weighted by Crippen LogP contribution is -2.41. The maximum absolute atomic E-state index is 15.2. The number of rotatable bonds is 5. The van der Waals surface area contributed by atoms with Gasteiger partial charge in [-0.15, -0.1) is 0 Å². The Morgan fingerprint density at radius 3 is 2.72 bits per heavy atom. The zero-order valence-electron chi connectivity index (χ0n) is 19.6. The lowest BCUT2D eigenvalue weighted by Gasteiger charge is -2.33. The van der Waals surface area contributed by atoms with Gasteiger partial charge in [-0.25, -0.2) is 4.39 Å². The number of likely N-dealkylation sites (tertiary alicyclic amines) is 1. The average Bonchev–Trinajstić information content (AvgIpc) is 3.31. The number of fused-ring (bicyclic) bond motifs is 1. The fraction of sp³-hybridized carbons (Fsp3) is 0.333. The monoisotopic (exact) mass is 529 g/mol. The Morgan fingerprint density at radius 2 is 1.97 bits per heavy atom. The lowest BCUT2D eigenvalue weighted by atomic mass is 9.87. The van der Waals surface area contributed by atoms with Crippen molar-refractivity contribution in [3.8, 4) is 0 Å². The van der Waals surface area contributed by atoms with Gasteiger partial charge < -0.3 is 19.5 Å². The Hall–Kier alpha value is -2.87. The molecule has 0 bridgehead atoms. The van der Waals surface area contributed by atoms with Crippen LogP contribution in [-0.2, 0) is 15.1 Å². The summed E-state index contributed by atoms with van der Waals surface area (Å²) in [5, 5.41) is 5.11. The molecule has 2 aromatic carbocycles. The lowest BCUT2D eigenvalue weighted by molar-refractivity contribution is -0.125. The van der Waals surface area contributed by atoms with Gasteiger partial charge in [-0.05, 0) is 61.1 Å². The second-order valence-corrected chi connectivity index (χ2v) is 10.1. The van der Waals surface area contributed by atoms with Crippen molar-refractivity contribution in [1.29, 1.82) is 0 Å². The van der Waals surface area contributed by atoms with Crippen LogP contribution in [0.5, 0.6) is 0 Å². The van der Waals surface area contributed by atoms with Crippen molar-refractivity contribution < 1.29 is 13.9 Å². The van der Waals surface area contributed by atoms with E-state index in [1.165, 1.54) is 18.2 Å². The van der Waals surface area contributed by atoms with Crippen LogP contribution < -0.4 is 10.9 Å². The molecular formula is C27H26Cl2FN3O3. The molecule has 6 nitrogen and oxygen atoms in total. The molecular weight excluding hydrogens is 504 g/mol. The van der Waals surface area contributed by atoms with E-state index in [0.29, 0.717) is 37.3 Å². The number of pyridine rings is 1. The molecule has 9 heteroatoms. The molecule has 3 aromatic rings. The van der Waals surface area contributed by atoms with Crippen molar-refractivity contribution in [2.45, 2.75) is 30.8 Å². The van der Waals surface area contributed by atoms with Crippen LogP contribution >= 0.6 is 23.2 Å². The van der Waals surface area contributed by atoms with Crippen LogP contribution in [0.1, 0.15) is 30.9 Å². The van der Waals surface area contributed by atoms with Gasteiger partial charge >= 0.3 is 0 Å². The van der Waals surface area contributed by atoms with Crippen molar-refractivity contribution in [3.05, 3.63) is 87.0 Å². The minimum Gasteiger partial charge on any atom is -0.381 e. The van der Waals surface area contributed by atoms with E-state index in [9.17, 15) is 9.59 Å². The van der Waals surface area contributed by atoms with Crippen molar-refractivity contribution in [3.63, 3.8) is 0 Å². The molecule has 0 aliphatic carbocycles. The summed E-state index contributed by atoms with van der Waals surface area (Å²) in [7, 11) is 0. The van der Waals surface area contributed by atoms with Gasteiger partial charge in [0.05, 0.1) is 15.6 Å². The number of hydrogen-bond donors (Lipinski definition) is 1. The smallest absolute Gasteiger partial charge is 0.258 e. The van der Waals surface area contributed by atoms with Gasteiger partial charge in [0.2, 0.25) is 5.91 Å². The molecule has 2 aliphatic rings. The summed E-state index contributed by atoms with van der Waals surface area (Å²) in [6.45, 7) is 5.37. The highest BCUT2D eigenvalue weighted by Gasteiger charge is 2.44. The maximum Gasteiger partial charge on any atom is 0.258 e. The van der Waals surface area contributed by atoms with Crippen LogP contribution in [0, 0.1) is 5.82 Å². The minimum absolute atomic E-state index is 0.0843. The Morgan fingerprint density at radius 1 is 1.19 bits per heavy atom. The number of nitrogens with one attached hydrogen (secondary N) is 1. The molecule has 2 aliphatic heterocycles. The summed E-state index contributed by atoms with van der Waals surface area (Å²) >= 11 is 12.8. The highest BCUT2D eigenvalue weighted by Crippen LogP contribution is 2.43. The predicted octanol–water partition coefficient (Wildman–Crippen LogP) is 5.52. The third-order valence-electron chi connectivity index (χ3n) is 7.18. The third-order valence-corrected chi connectivity index (χ3v) is 7.98. The molecule has 1 atom stereocenters. The molecule has 2 saturated heterocycles. The van der Waals surface area contributed by atoms with Crippen LogP contribution in [0.3, 0.4) is 0 Å². The normalized spacial score (nSPS) is 20.6. The molecule has 3 heterocycles. The number of carbonyl (C=O) groups is 1. The maximum atomic E-state index is 15.2. The first-order valence-electron chi connectivity index (χ1n) is 11.9. The second-order valence-electron chi connectivity index (χ2n) is 9.31. The SMILES string of the molecule is C=CC(=O)N1CC[C@](Nc2ccc3ccn(C4CCOCC4)c(=O)c3c2)(c2c(F)ccc(Cl)c2Cl)C1. The highest BCUT2D eigenvalue weighted by molar-refractivity contribution is 6.42. The summed E-state index contributed by atoms with van der Waals surface area (Å²) in [6.07, 6.45) is 5.04.